The maximum atomic E-state index is 12.5. The Balaban J connectivity index is 1.97. The molecule has 3 rings (SSSR count). The minimum atomic E-state index is -0.335. The maximum Gasteiger partial charge on any atom is 0.267 e. The molecular formula is C16H10Cl3NO2S. The van der Waals surface area contributed by atoms with Crippen LogP contribution in [0.15, 0.2) is 36.4 Å². The number of amides is 1. The standard InChI is InChI=1S/C16H10Cl3NO2S/c17-9-5-11(18)13-12(6-9)23-15(14(13)19)16(22)20-10-3-1-2-8(4-10)7-21/h1-6,21H,7H2,(H,20,22). The number of benzene rings is 2. The number of hydrogen-bond donors (Lipinski definition) is 2. The van der Waals surface area contributed by atoms with Gasteiger partial charge in [-0.05, 0) is 29.8 Å². The lowest BCUT2D eigenvalue weighted by atomic mass is 10.2. The number of nitrogens with one attached hydrogen (secondary N) is 1. The van der Waals surface area contributed by atoms with E-state index in [1.165, 1.54) is 11.3 Å². The van der Waals surface area contributed by atoms with E-state index in [1.807, 2.05) is 0 Å². The van der Waals surface area contributed by atoms with E-state index in [9.17, 15) is 4.79 Å². The van der Waals surface area contributed by atoms with E-state index in [-0.39, 0.29) is 12.5 Å². The fraction of sp³-hybridized carbons (Fsp3) is 0.0625. The summed E-state index contributed by atoms with van der Waals surface area (Å²) < 4.78 is 0.752. The summed E-state index contributed by atoms with van der Waals surface area (Å²) in [6.45, 7) is -0.0958. The van der Waals surface area contributed by atoms with Crippen LogP contribution in [0, 0.1) is 0 Å². The molecule has 0 aliphatic heterocycles. The smallest absolute Gasteiger partial charge is 0.267 e. The molecular weight excluding hydrogens is 377 g/mol. The highest BCUT2D eigenvalue weighted by atomic mass is 35.5. The highest BCUT2D eigenvalue weighted by Gasteiger charge is 2.19. The molecule has 1 amide bonds. The van der Waals surface area contributed by atoms with Gasteiger partial charge in [-0.15, -0.1) is 11.3 Å². The quantitative estimate of drug-likeness (QED) is 0.615. The first kappa shape index (κ1) is 16.6. The Morgan fingerprint density at radius 2 is 1.96 bits per heavy atom. The number of aliphatic hydroxyl groups excluding tert-OH is 1. The van der Waals surface area contributed by atoms with Gasteiger partial charge in [0.2, 0.25) is 0 Å². The average molecular weight is 387 g/mol. The fourth-order valence-electron chi connectivity index (χ4n) is 2.19. The second-order valence-corrected chi connectivity index (χ2v) is 7.09. The molecule has 0 unspecified atom stereocenters. The van der Waals surface area contributed by atoms with Gasteiger partial charge < -0.3 is 10.4 Å². The summed E-state index contributed by atoms with van der Waals surface area (Å²) in [4.78, 5) is 12.8. The van der Waals surface area contributed by atoms with E-state index in [0.717, 1.165) is 4.70 Å². The van der Waals surface area contributed by atoms with Gasteiger partial charge in [0.1, 0.15) is 4.88 Å². The lowest BCUT2D eigenvalue weighted by Crippen LogP contribution is -2.10. The van der Waals surface area contributed by atoms with Crippen molar-refractivity contribution >= 4 is 67.8 Å². The minimum Gasteiger partial charge on any atom is -0.392 e. The number of thiophene rings is 1. The summed E-state index contributed by atoms with van der Waals surface area (Å²) in [7, 11) is 0. The molecule has 3 nitrogen and oxygen atoms in total. The van der Waals surface area contributed by atoms with Gasteiger partial charge >= 0.3 is 0 Å². The summed E-state index contributed by atoms with van der Waals surface area (Å²) >= 11 is 19.7. The van der Waals surface area contributed by atoms with Crippen LogP contribution in [0.1, 0.15) is 15.2 Å². The molecule has 0 aliphatic rings. The van der Waals surface area contributed by atoms with Crippen molar-refractivity contribution < 1.29 is 9.90 Å². The SMILES string of the molecule is O=C(Nc1cccc(CO)c1)c1sc2cc(Cl)cc(Cl)c2c1Cl. The third-order valence-electron chi connectivity index (χ3n) is 3.22. The summed E-state index contributed by atoms with van der Waals surface area (Å²) in [5, 5.41) is 13.7. The van der Waals surface area contributed by atoms with E-state index in [1.54, 1.807) is 36.4 Å². The number of carbonyl (C=O) groups is 1. The van der Waals surface area contributed by atoms with Crippen LogP contribution in [0.4, 0.5) is 5.69 Å². The molecule has 1 aromatic heterocycles. The van der Waals surface area contributed by atoms with Gasteiger partial charge in [0.05, 0.1) is 16.7 Å². The van der Waals surface area contributed by atoms with E-state index in [2.05, 4.69) is 5.32 Å². The predicted molar refractivity (Wildman–Crippen MR) is 97.2 cm³/mol. The number of carbonyl (C=O) groups excluding carboxylic acids is 1. The first-order valence-electron chi connectivity index (χ1n) is 6.58. The van der Waals surface area contributed by atoms with Crippen molar-refractivity contribution in [3.8, 4) is 0 Å². The first-order valence-corrected chi connectivity index (χ1v) is 8.53. The maximum absolute atomic E-state index is 12.5. The van der Waals surface area contributed by atoms with E-state index in [0.29, 0.717) is 36.6 Å². The lowest BCUT2D eigenvalue weighted by Gasteiger charge is -2.05. The zero-order valence-corrected chi connectivity index (χ0v) is 14.7. The number of rotatable bonds is 3. The molecule has 0 aliphatic carbocycles. The van der Waals surface area contributed by atoms with Crippen LogP contribution in [-0.2, 0) is 6.61 Å². The molecule has 23 heavy (non-hydrogen) atoms. The zero-order chi connectivity index (χ0) is 16.6. The Labute approximate surface area is 151 Å². The van der Waals surface area contributed by atoms with Crippen molar-refractivity contribution in [2.24, 2.45) is 0 Å². The molecule has 0 atom stereocenters. The molecule has 0 bridgehead atoms. The van der Waals surface area contributed by atoms with Gasteiger partial charge in [0.15, 0.2) is 0 Å². The third-order valence-corrected chi connectivity index (χ3v) is 5.37. The van der Waals surface area contributed by atoms with Crippen LogP contribution in [0.3, 0.4) is 0 Å². The summed E-state index contributed by atoms with van der Waals surface area (Å²) in [6, 6.07) is 10.3. The normalized spacial score (nSPS) is 11.0. The number of fused-ring (bicyclic) bond motifs is 1. The third kappa shape index (κ3) is 3.32. The average Bonchev–Trinajstić information content (AvgIpc) is 2.84. The first-order chi connectivity index (χ1) is 11.0. The highest BCUT2D eigenvalue weighted by Crippen LogP contribution is 2.41. The molecule has 2 N–H and O–H groups in total. The van der Waals surface area contributed by atoms with E-state index in [4.69, 9.17) is 39.9 Å². The topological polar surface area (TPSA) is 49.3 Å². The molecule has 118 valence electrons. The van der Waals surface area contributed by atoms with Crippen LogP contribution < -0.4 is 5.32 Å². The van der Waals surface area contributed by atoms with Crippen molar-refractivity contribution in [3.63, 3.8) is 0 Å². The van der Waals surface area contributed by atoms with Crippen molar-refractivity contribution in [3.05, 3.63) is 61.9 Å². The van der Waals surface area contributed by atoms with Crippen molar-refractivity contribution in [2.75, 3.05) is 5.32 Å². The van der Waals surface area contributed by atoms with E-state index >= 15 is 0 Å². The van der Waals surface area contributed by atoms with Gasteiger partial charge in [-0.1, -0.05) is 46.9 Å². The largest absolute Gasteiger partial charge is 0.392 e. The molecule has 0 saturated heterocycles. The Morgan fingerprint density at radius 1 is 1.17 bits per heavy atom. The fourth-order valence-corrected chi connectivity index (χ4v) is 4.47. The molecule has 0 saturated carbocycles. The summed E-state index contributed by atoms with van der Waals surface area (Å²) in [5.41, 5.74) is 1.29. The number of hydrogen-bond acceptors (Lipinski definition) is 3. The van der Waals surface area contributed by atoms with E-state index < -0.39 is 0 Å². The Kier molecular flexibility index (Phi) is 4.80. The van der Waals surface area contributed by atoms with Crippen LogP contribution in [0.25, 0.3) is 10.1 Å². The van der Waals surface area contributed by atoms with Crippen LogP contribution in [-0.4, -0.2) is 11.0 Å². The predicted octanol–water partition coefficient (Wildman–Crippen LogP) is 5.61. The molecule has 0 spiro atoms. The summed E-state index contributed by atoms with van der Waals surface area (Å²) in [6.07, 6.45) is 0. The Bertz CT molecular complexity index is 908. The van der Waals surface area contributed by atoms with Crippen LogP contribution >= 0.6 is 46.1 Å². The van der Waals surface area contributed by atoms with Crippen molar-refractivity contribution in [2.45, 2.75) is 6.61 Å². The second kappa shape index (κ2) is 6.67. The molecule has 0 fully saturated rings. The zero-order valence-electron chi connectivity index (χ0n) is 11.6. The Hall–Kier alpha value is -1.30. The number of halogens is 3. The minimum absolute atomic E-state index is 0.0958. The van der Waals surface area contributed by atoms with Gasteiger partial charge in [0.25, 0.3) is 5.91 Å². The lowest BCUT2D eigenvalue weighted by molar-refractivity contribution is 0.103. The van der Waals surface area contributed by atoms with Crippen molar-refractivity contribution in [1.82, 2.24) is 0 Å². The van der Waals surface area contributed by atoms with Crippen LogP contribution in [0.5, 0.6) is 0 Å². The van der Waals surface area contributed by atoms with Gasteiger partial charge in [-0.2, -0.15) is 0 Å². The Morgan fingerprint density at radius 3 is 2.70 bits per heavy atom. The van der Waals surface area contributed by atoms with Crippen molar-refractivity contribution in [1.29, 1.82) is 0 Å². The molecule has 3 aromatic rings. The monoisotopic (exact) mass is 385 g/mol. The second-order valence-electron chi connectivity index (χ2n) is 4.82. The molecule has 0 radical (unpaired) electrons. The van der Waals surface area contributed by atoms with Gasteiger partial charge in [0, 0.05) is 20.8 Å². The van der Waals surface area contributed by atoms with Gasteiger partial charge in [-0.25, -0.2) is 0 Å². The highest BCUT2D eigenvalue weighted by molar-refractivity contribution is 7.21. The van der Waals surface area contributed by atoms with Crippen LogP contribution in [0.2, 0.25) is 15.1 Å². The number of anilines is 1. The summed E-state index contributed by atoms with van der Waals surface area (Å²) in [5.74, 6) is -0.335. The number of aliphatic hydroxyl groups is 1. The molecule has 1 heterocycles. The van der Waals surface area contributed by atoms with Gasteiger partial charge in [-0.3, -0.25) is 4.79 Å². The molecule has 2 aromatic carbocycles. The molecule has 7 heteroatoms.